The molecule has 142 valence electrons. The smallest absolute Gasteiger partial charge is 0.00581 e. The maximum Gasteiger partial charge on any atom is -0.00581 e. The first-order valence-corrected chi connectivity index (χ1v) is 10.4. The fourth-order valence-corrected chi connectivity index (χ4v) is 4.15. The molecule has 2 aromatic rings. The molecule has 0 heteroatoms. The second kappa shape index (κ2) is 7.80. The zero-order valence-corrected chi connectivity index (χ0v) is 17.6. The molecular weight excluding hydrogens is 336 g/mol. The van der Waals surface area contributed by atoms with Crippen molar-refractivity contribution in [2.45, 2.75) is 53.4 Å². The highest BCUT2D eigenvalue weighted by molar-refractivity contribution is 5.74. The summed E-state index contributed by atoms with van der Waals surface area (Å²) in [6.07, 6.45) is 9.06. The monoisotopic (exact) mass is 366 g/mol. The van der Waals surface area contributed by atoms with E-state index in [1.807, 2.05) is 0 Å². The maximum atomic E-state index is 2.34. The van der Waals surface area contributed by atoms with Gasteiger partial charge in [-0.2, -0.15) is 0 Å². The number of aryl methyl sites for hydroxylation is 2. The van der Waals surface area contributed by atoms with Crippen LogP contribution in [0.2, 0.25) is 0 Å². The maximum absolute atomic E-state index is 2.34. The molecule has 0 heterocycles. The molecule has 0 fully saturated rings. The van der Waals surface area contributed by atoms with Crippen molar-refractivity contribution in [1.82, 2.24) is 0 Å². The van der Waals surface area contributed by atoms with Crippen LogP contribution in [0.15, 0.2) is 83.0 Å². The minimum absolute atomic E-state index is 1.09. The summed E-state index contributed by atoms with van der Waals surface area (Å²) in [5.74, 6) is 0. The summed E-state index contributed by atoms with van der Waals surface area (Å²) < 4.78 is 0. The van der Waals surface area contributed by atoms with Crippen LogP contribution in [-0.2, 0) is 12.8 Å². The van der Waals surface area contributed by atoms with E-state index in [-0.39, 0.29) is 0 Å². The molecule has 28 heavy (non-hydrogen) atoms. The Morgan fingerprint density at radius 2 is 0.893 bits per heavy atom. The van der Waals surface area contributed by atoms with Crippen molar-refractivity contribution in [1.29, 1.82) is 0 Å². The first-order valence-electron chi connectivity index (χ1n) is 10.4. The SMILES string of the molecule is CC1=C(C)CC(c2ccc(CCc3ccc(C4=CC(C)=C(C)C4)cc3)cc2)=C1. The Balaban J connectivity index is 1.35. The van der Waals surface area contributed by atoms with Gasteiger partial charge in [0.05, 0.1) is 0 Å². The lowest BCUT2D eigenvalue weighted by molar-refractivity contribution is 0.959. The number of allylic oxidation sites excluding steroid dienone is 8. The first-order chi connectivity index (χ1) is 13.5. The molecule has 0 atom stereocenters. The average molecular weight is 367 g/mol. The van der Waals surface area contributed by atoms with Crippen molar-refractivity contribution in [3.63, 3.8) is 0 Å². The zero-order valence-electron chi connectivity index (χ0n) is 17.6. The van der Waals surface area contributed by atoms with E-state index in [0.29, 0.717) is 0 Å². The van der Waals surface area contributed by atoms with Gasteiger partial charge in [-0.25, -0.2) is 0 Å². The van der Waals surface area contributed by atoms with Crippen LogP contribution in [0, 0.1) is 0 Å². The summed E-state index contributed by atoms with van der Waals surface area (Å²) in [4.78, 5) is 0. The minimum Gasteiger partial charge on any atom is -0.0660 e. The molecular formula is C28H30. The van der Waals surface area contributed by atoms with Gasteiger partial charge in [-0.05, 0) is 86.8 Å². The van der Waals surface area contributed by atoms with Crippen molar-refractivity contribution in [2.75, 3.05) is 0 Å². The standard InChI is InChI=1S/C28H30/c1-19-15-27(16-20(19)2)25-11-7-23(8-12-25)5-6-24-9-13-26(14-10-24)28-17-21(3)22(4)18-28/h7-15,17H,5-6,16,18H2,1-4H3. The Morgan fingerprint density at radius 1 is 0.536 bits per heavy atom. The van der Waals surface area contributed by atoms with Gasteiger partial charge in [0.2, 0.25) is 0 Å². The van der Waals surface area contributed by atoms with Gasteiger partial charge in [-0.3, -0.25) is 0 Å². The van der Waals surface area contributed by atoms with Crippen molar-refractivity contribution in [3.8, 4) is 0 Å². The van der Waals surface area contributed by atoms with Gasteiger partial charge in [-0.1, -0.05) is 83.0 Å². The number of hydrogen-bond donors (Lipinski definition) is 0. The minimum atomic E-state index is 1.09. The molecule has 0 amide bonds. The number of rotatable bonds is 5. The zero-order chi connectivity index (χ0) is 19.7. The van der Waals surface area contributed by atoms with Crippen molar-refractivity contribution < 1.29 is 0 Å². The van der Waals surface area contributed by atoms with E-state index in [9.17, 15) is 0 Å². The molecule has 2 aliphatic carbocycles. The van der Waals surface area contributed by atoms with E-state index in [1.165, 1.54) is 55.7 Å². The Morgan fingerprint density at radius 3 is 1.18 bits per heavy atom. The van der Waals surface area contributed by atoms with Gasteiger partial charge in [0.15, 0.2) is 0 Å². The van der Waals surface area contributed by atoms with Crippen molar-refractivity contribution >= 4 is 11.1 Å². The number of hydrogen-bond acceptors (Lipinski definition) is 0. The lowest BCUT2D eigenvalue weighted by Crippen LogP contribution is -1.93. The normalized spacial score (nSPS) is 16.7. The van der Waals surface area contributed by atoms with Crippen molar-refractivity contribution in [2.24, 2.45) is 0 Å². The summed E-state index contributed by atoms with van der Waals surface area (Å²) in [6, 6.07) is 18.4. The average Bonchev–Trinajstić information content (AvgIpc) is 3.22. The quantitative estimate of drug-likeness (QED) is 0.508. The van der Waals surface area contributed by atoms with E-state index >= 15 is 0 Å². The molecule has 2 aliphatic rings. The highest BCUT2D eigenvalue weighted by Crippen LogP contribution is 2.33. The van der Waals surface area contributed by atoms with Gasteiger partial charge in [0.25, 0.3) is 0 Å². The van der Waals surface area contributed by atoms with E-state index in [1.54, 1.807) is 0 Å². The van der Waals surface area contributed by atoms with Crippen LogP contribution in [0.4, 0.5) is 0 Å². The molecule has 0 bridgehead atoms. The van der Waals surface area contributed by atoms with Gasteiger partial charge in [-0.15, -0.1) is 0 Å². The molecule has 0 nitrogen and oxygen atoms in total. The molecule has 0 aromatic heterocycles. The second-order valence-electron chi connectivity index (χ2n) is 8.51. The Hall–Kier alpha value is -2.60. The van der Waals surface area contributed by atoms with Gasteiger partial charge >= 0.3 is 0 Å². The van der Waals surface area contributed by atoms with Crippen LogP contribution in [0.1, 0.15) is 62.8 Å². The lowest BCUT2D eigenvalue weighted by atomic mass is 9.97. The Labute approximate surface area is 170 Å². The fraction of sp³-hybridized carbons (Fsp3) is 0.286. The Bertz CT molecular complexity index is 917. The van der Waals surface area contributed by atoms with E-state index in [4.69, 9.17) is 0 Å². The lowest BCUT2D eigenvalue weighted by Gasteiger charge is -2.08. The summed E-state index contributed by atoms with van der Waals surface area (Å²) in [6.45, 7) is 8.90. The summed E-state index contributed by atoms with van der Waals surface area (Å²) >= 11 is 0. The van der Waals surface area contributed by atoms with E-state index in [0.717, 1.165) is 25.7 Å². The predicted molar refractivity (Wildman–Crippen MR) is 122 cm³/mol. The number of benzene rings is 2. The summed E-state index contributed by atoms with van der Waals surface area (Å²) in [5.41, 5.74) is 14.3. The van der Waals surface area contributed by atoms with Crippen molar-refractivity contribution in [3.05, 3.63) is 105 Å². The predicted octanol–water partition coefficient (Wildman–Crippen LogP) is 7.72. The second-order valence-corrected chi connectivity index (χ2v) is 8.51. The topological polar surface area (TPSA) is 0 Å². The largest absolute Gasteiger partial charge is 0.0660 e. The molecule has 0 saturated heterocycles. The van der Waals surface area contributed by atoms with Crippen LogP contribution >= 0.6 is 0 Å². The van der Waals surface area contributed by atoms with Crippen LogP contribution in [0.25, 0.3) is 11.1 Å². The summed E-state index contributed by atoms with van der Waals surface area (Å²) in [5, 5.41) is 0. The van der Waals surface area contributed by atoms with Crippen LogP contribution in [0.3, 0.4) is 0 Å². The molecule has 0 radical (unpaired) electrons. The molecule has 0 spiro atoms. The van der Waals surface area contributed by atoms with Gasteiger partial charge in [0, 0.05) is 0 Å². The molecule has 4 rings (SSSR count). The molecule has 0 N–H and O–H groups in total. The molecule has 0 aliphatic heterocycles. The first kappa shape index (κ1) is 18.7. The highest BCUT2D eigenvalue weighted by Gasteiger charge is 2.12. The van der Waals surface area contributed by atoms with Crippen LogP contribution < -0.4 is 0 Å². The Kier molecular flexibility index (Phi) is 5.22. The van der Waals surface area contributed by atoms with Gasteiger partial charge in [0.1, 0.15) is 0 Å². The molecule has 0 saturated carbocycles. The van der Waals surface area contributed by atoms with E-state index in [2.05, 4.69) is 88.4 Å². The third kappa shape index (κ3) is 3.97. The van der Waals surface area contributed by atoms with E-state index < -0.39 is 0 Å². The van der Waals surface area contributed by atoms with Gasteiger partial charge < -0.3 is 0 Å². The third-order valence-corrected chi connectivity index (χ3v) is 6.39. The molecule has 0 unspecified atom stereocenters. The van der Waals surface area contributed by atoms with Crippen LogP contribution in [0.5, 0.6) is 0 Å². The van der Waals surface area contributed by atoms with Crippen LogP contribution in [-0.4, -0.2) is 0 Å². The fourth-order valence-electron chi connectivity index (χ4n) is 4.15. The summed E-state index contributed by atoms with van der Waals surface area (Å²) in [7, 11) is 0. The third-order valence-electron chi connectivity index (χ3n) is 6.39. The molecule has 2 aromatic carbocycles. The highest BCUT2D eigenvalue weighted by atomic mass is 14.2.